The number of fused-ring (bicyclic) bond motifs is 3. The summed E-state index contributed by atoms with van der Waals surface area (Å²) in [4.78, 5) is 2.75. The van der Waals surface area contributed by atoms with E-state index >= 15 is 0 Å². The minimum absolute atomic E-state index is 0.489. The van der Waals surface area contributed by atoms with Crippen molar-refractivity contribution in [2.75, 3.05) is 12.3 Å². The van der Waals surface area contributed by atoms with Crippen LogP contribution < -0.4 is 0 Å². The van der Waals surface area contributed by atoms with Crippen molar-refractivity contribution in [1.29, 1.82) is 0 Å². The molecule has 3 unspecified atom stereocenters. The van der Waals surface area contributed by atoms with Gasteiger partial charge in [0.05, 0.1) is 0 Å². The number of thiol groups is 1. The topological polar surface area (TPSA) is 3.24 Å². The first-order valence-corrected chi connectivity index (χ1v) is 6.03. The summed E-state index contributed by atoms with van der Waals surface area (Å²) in [6.07, 6.45) is 10.3. The summed E-state index contributed by atoms with van der Waals surface area (Å²) in [7, 11) is 0. The smallest absolute Gasteiger partial charge is 0.0307 e. The fraction of sp³-hybridized carbons (Fsp3) is 0.818. The van der Waals surface area contributed by atoms with Gasteiger partial charge in [-0.15, -0.1) is 0 Å². The molecule has 0 aromatic heterocycles. The Morgan fingerprint density at radius 2 is 2.46 bits per heavy atom. The van der Waals surface area contributed by atoms with E-state index in [1.807, 2.05) is 0 Å². The van der Waals surface area contributed by atoms with Crippen LogP contribution in [0, 0.1) is 5.92 Å². The van der Waals surface area contributed by atoms with Gasteiger partial charge in [-0.05, 0) is 38.1 Å². The molecule has 1 aliphatic carbocycles. The molecule has 0 radical (unpaired) electrons. The van der Waals surface area contributed by atoms with Gasteiger partial charge < -0.3 is 0 Å². The minimum Gasteiger partial charge on any atom is -0.293 e. The molecule has 0 aromatic rings. The standard InChI is InChI=1S/C11H17NS/c13-8-11-5-2-6-12(11)10-4-1-3-9(10)7-11/h1,3,9-10,13H,2,4-8H2. The van der Waals surface area contributed by atoms with Crippen molar-refractivity contribution < 1.29 is 0 Å². The molecular formula is C11H17NS. The molecule has 3 rings (SSSR count). The van der Waals surface area contributed by atoms with Crippen molar-refractivity contribution in [2.24, 2.45) is 5.92 Å². The number of hydrogen-bond donors (Lipinski definition) is 1. The number of hydrogen-bond acceptors (Lipinski definition) is 2. The molecule has 2 saturated heterocycles. The van der Waals surface area contributed by atoms with Gasteiger partial charge in [0.2, 0.25) is 0 Å². The van der Waals surface area contributed by atoms with Gasteiger partial charge in [0.15, 0.2) is 0 Å². The van der Waals surface area contributed by atoms with E-state index in [4.69, 9.17) is 0 Å². The zero-order chi connectivity index (χ0) is 8.89. The maximum Gasteiger partial charge on any atom is 0.0307 e. The van der Waals surface area contributed by atoms with Crippen LogP contribution in [0.15, 0.2) is 12.2 Å². The molecule has 2 heteroatoms. The predicted molar refractivity (Wildman–Crippen MR) is 58.2 cm³/mol. The highest BCUT2D eigenvalue weighted by Crippen LogP contribution is 2.49. The van der Waals surface area contributed by atoms with E-state index < -0.39 is 0 Å². The van der Waals surface area contributed by atoms with Crippen molar-refractivity contribution in [2.45, 2.75) is 37.3 Å². The first-order chi connectivity index (χ1) is 6.36. The van der Waals surface area contributed by atoms with Gasteiger partial charge in [0.25, 0.3) is 0 Å². The molecular weight excluding hydrogens is 178 g/mol. The van der Waals surface area contributed by atoms with Crippen LogP contribution >= 0.6 is 12.6 Å². The first-order valence-electron chi connectivity index (χ1n) is 5.40. The Hall–Kier alpha value is 0.0500. The molecule has 1 nitrogen and oxygen atoms in total. The van der Waals surface area contributed by atoms with Gasteiger partial charge >= 0.3 is 0 Å². The van der Waals surface area contributed by atoms with E-state index in [-0.39, 0.29) is 0 Å². The van der Waals surface area contributed by atoms with Crippen LogP contribution in [0.5, 0.6) is 0 Å². The highest BCUT2D eigenvalue weighted by molar-refractivity contribution is 7.80. The van der Waals surface area contributed by atoms with E-state index in [9.17, 15) is 0 Å². The Kier molecular flexibility index (Phi) is 1.78. The zero-order valence-corrected chi connectivity index (χ0v) is 8.84. The lowest BCUT2D eigenvalue weighted by Crippen LogP contribution is -2.43. The van der Waals surface area contributed by atoms with Gasteiger partial charge in [-0.3, -0.25) is 4.90 Å². The summed E-state index contributed by atoms with van der Waals surface area (Å²) in [5.74, 6) is 1.92. The second-order valence-electron chi connectivity index (χ2n) is 4.78. The molecule has 0 spiro atoms. The largest absolute Gasteiger partial charge is 0.293 e. The summed E-state index contributed by atoms with van der Waals surface area (Å²) in [5, 5.41) is 0. The van der Waals surface area contributed by atoms with E-state index in [1.54, 1.807) is 0 Å². The van der Waals surface area contributed by atoms with Gasteiger partial charge in [0.1, 0.15) is 0 Å². The van der Waals surface area contributed by atoms with Crippen molar-refractivity contribution in [1.82, 2.24) is 4.90 Å². The lowest BCUT2D eigenvalue weighted by molar-refractivity contribution is 0.172. The summed E-state index contributed by atoms with van der Waals surface area (Å²) < 4.78 is 0. The first kappa shape index (κ1) is 8.37. The van der Waals surface area contributed by atoms with Crippen molar-refractivity contribution in [3.63, 3.8) is 0 Å². The van der Waals surface area contributed by atoms with Crippen LogP contribution in [-0.4, -0.2) is 28.8 Å². The molecule has 0 N–H and O–H groups in total. The molecule has 0 bridgehead atoms. The van der Waals surface area contributed by atoms with Crippen LogP contribution in [-0.2, 0) is 0 Å². The predicted octanol–water partition coefficient (Wildman–Crippen LogP) is 2.10. The second-order valence-corrected chi connectivity index (χ2v) is 5.09. The quantitative estimate of drug-likeness (QED) is 0.495. The van der Waals surface area contributed by atoms with Gasteiger partial charge in [-0.1, -0.05) is 12.2 Å². The molecule has 0 amide bonds. The van der Waals surface area contributed by atoms with Crippen LogP contribution in [0.3, 0.4) is 0 Å². The van der Waals surface area contributed by atoms with E-state index in [1.165, 1.54) is 32.2 Å². The Balaban J connectivity index is 1.92. The Labute approximate surface area is 85.6 Å². The summed E-state index contributed by atoms with van der Waals surface area (Å²) >= 11 is 4.56. The van der Waals surface area contributed by atoms with E-state index in [2.05, 4.69) is 29.7 Å². The highest BCUT2D eigenvalue weighted by Gasteiger charge is 2.52. The summed E-state index contributed by atoms with van der Waals surface area (Å²) in [6, 6.07) is 0.842. The van der Waals surface area contributed by atoms with Crippen molar-refractivity contribution >= 4 is 12.6 Å². The minimum atomic E-state index is 0.489. The third-order valence-corrected chi connectivity index (χ3v) is 4.80. The fourth-order valence-electron chi connectivity index (χ4n) is 3.63. The van der Waals surface area contributed by atoms with E-state index in [0.717, 1.165) is 17.7 Å². The summed E-state index contributed by atoms with van der Waals surface area (Å²) in [5.41, 5.74) is 0.489. The fourth-order valence-corrected chi connectivity index (χ4v) is 4.10. The van der Waals surface area contributed by atoms with E-state index in [0.29, 0.717) is 5.54 Å². The van der Waals surface area contributed by atoms with Gasteiger partial charge in [0, 0.05) is 17.3 Å². The lowest BCUT2D eigenvalue weighted by Gasteiger charge is -2.33. The van der Waals surface area contributed by atoms with Crippen LogP contribution in [0.25, 0.3) is 0 Å². The van der Waals surface area contributed by atoms with Gasteiger partial charge in [-0.2, -0.15) is 12.6 Å². The SMILES string of the molecule is SCC12CCCN1C1CC=CC1C2. The highest BCUT2D eigenvalue weighted by atomic mass is 32.1. The van der Waals surface area contributed by atoms with Crippen LogP contribution in [0.1, 0.15) is 25.7 Å². The Morgan fingerprint density at radius 1 is 1.54 bits per heavy atom. The molecule has 13 heavy (non-hydrogen) atoms. The zero-order valence-electron chi connectivity index (χ0n) is 7.95. The molecule has 2 fully saturated rings. The van der Waals surface area contributed by atoms with Crippen molar-refractivity contribution in [3.8, 4) is 0 Å². The maximum atomic E-state index is 4.56. The van der Waals surface area contributed by atoms with Crippen molar-refractivity contribution in [3.05, 3.63) is 12.2 Å². The Morgan fingerprint density at radius 3 is 3.31 bits per heavy atom. The summed E-state index contributed by atoms with van der Waals surface area (Å²) in [6.45, 7) is 1.32. The number of nitrogens with zero attached hydrogens (tertiary/aromatic N) is 1. The number of rotatable bonds is 1. The molecule has 0 saturated carbocycles. The third kappa shape index (κ3) is 0.991. The normalized spacial score (nSPS) is 48.4. The molecule has 3 aliphatic rings. The monoisotopic (exact) mass is 195 g/mol. The van der Waals surface area contributed by atoms with Gasteiger partial charge in [-0.25, -0.2) is 0 Å². The molecule has 72 valence electrons. The Bertz CT molecular complexity index is 250. The molecule has 0 aromatic carbocycles. The molecule has 3 atom stereocenters. The molecule has 2 heterocycles. The third-order valence-electron chi connectivity index (χ3n) is 4.22. The second kappa shape index (κ2) is 2.77. The van der Waals surface area contributed by atoms with Crippen LogP contribution in [0.4, 0.5) is 0 Å². The average molecular weight is 195 g/mol. The average Bonchev–Trinajstić information content (AvgIpc) is 2.72. The lowest BCUT2D eigenvalue weighted by atomic mass is 9.91. The van der Waals surface area contributed by atoms with Crippen LogP contribution in [0.2, 0.25) is 0 Å². The molecule has 2 aliphatic heterocycles. The maximum absolute atomic E-state index is 4.56.